The molecule has 0 aliphatic carbocycles. The van der Waals surface area contributed by atoms with Crippen LogP contribution in [0.1, 0.15) is 11.3 Å². The third-order valence-electron chi connectivity index (χ3n) is 2.50. The third kappa shape index (κ3) is 2.43. The number of nitrogens with zero attached hydrogens (tertiary/aromatic N) is 3. The summed E-state index contributed by atoms with van der Waals surface area (Å²) in [7, 11) is 0. The molecule has 0 atom stereocenters. The summed E-state index contributed by atoms with van der Waals surface area (Å²) in [4.78, 5) is 16.5. The van der Waals surface area contributed by atoms with Crippen LogP contribution in [0.5, 0.6) is 0 Å². The zero-order valence-corrected chi connectivity index (χ0v) is 10.5. The normalized spacial score (nSPS) is 11.4. The van der Waals surface area contributed by atoms with Crippen molar-refractivity contribution in [2.24, 2.45) is 0 Å². The van der Waals surface area contributed by atoms with Crippen LogP contribution in [0.25, 0.3) is 17.1 Å². The van der Waals surface area contributed by atoms with E-state index >= 15 is 0 Å². The highest BCUT2D eigenvalue weighted by Crippen LogP contribution is 2.09. The first-order valence-corrected chi connectivity index (χ1v) is 6.37. The van der Waals surface area contributed by atoms with E-state index in [-0.39, 0.29) is 11.4 Å². The summed E-state index contributed by atoms with van der Waals surface area (Å²) in [5.74, 6) is -0.298. The Labute approximate surface area is 111 Å². The van der Waals surface area contributed by atoms with Crippen LogP contribution in [0.2, 0.25) is 0 Å². The number of benzene rings is 1. The summed E-state index contributed by atoms with van der Waals surface area (Å²) >= 11 is 1.29. The Hall–Kier alpha value is -2.34. The van der Waals surface area contributed by atoms with Gasteiger partial charge in [0.15, 0.2) is 0 Å². The van der Waals surface area contributed by atoms with Crippen LogP contribution >= 0.6 is 11.3 Å². The van der Waals surface area contributed by atoms with Gasteiger partial charge in [-0.2, -0.15) is 9.61 Å². The van der Waals surface area contributed by atoms with Gasteiger partial charge in [0.1, 0.15) is 11.3 Å². The first-order valence-electron chi connectivity index (χ1n) is 5.49. The topological polar surface area (TPSA) is 47.3 Å². The summed E-state index contributed by atoms with van der Waals surface area (Å²) in [6, 6.07) is 7.59. The van der Waals surface area contributed by atoms with Crippen LogP contribution in [0, 0.1) is 5.82 Å². The maximum absolute atomic E-state index is 13.0. The second-order valence-corrected chi connectivity index (χ2v) is 4.65. The molecule has 0 amide bonds. The predicted molar refractivity (Wildman–Crippen MR) is 72.5 cm³/mol. The third-order valence-corrected chi connectivity index (χ3v) is 3.18. The van der Waals surface area contributed by atoms with E-state index in [0.717, 1.165) is 0 Å². The summed E-state index contributed by atoms with van der Waals surface area (Å²) in [6.45, 7) is 0. The molecule has 94 valence electrons. The van der Waals surface area contributed by atoms with Crippen LogP contribution in [-0.4, -0.2) is 14.6 Å². The quantitative estimate of drug-likeness (QED) is 0.720. The van der Waals surface area contributed by atoms with E-state index in [4.69, 9.17) is 0 Å². The van der Waals surface area contributed by atoms with Crippen molar-refractivity contribution < 1.29 is 4.39 Å². The number of halogens is 1. The molecule has 0 bridgehead atoms. The van der Waals surface area contributed by atoms with E-state index in [1.165, 1.54) is 34.1 Å². The van der Waals surface area contributed by atoms with Crippen LogP contribution in [0.15, 0.2) is 40.6 Å². The van der Waals surface area contributed by atoms with Gasteiger partial charge in [0.2, 0.25) is 4.96 Å². The maximum atomic E-state index is 13.0. The van der Waals surface area contributed by atoms with E-state index < -0.39 is 0 Å². The van der Waals surface area contributed by atoms with Gasteiger partial charge in [-0.25, -0.2) is 9.37 Å². The molecule has 0 fully saturated rings. The Morgan fingerprint density at radius 3 is 3.00 bits per heavy atom. The Morgan fingerprint density at radius 2 is 2.16 bits per heavy atom. The molecule has 0 radical (unpaired) electrons. The lowest BCUT2D eigenvalue weighted by Crippen LogP contribution is -2.13. The minimum atomic E-state index is -0.298. The second kappa shape index (κ2) is 4.74. The molecule has 4 nitrogen and oxygen atoms in total. The van der Waals surface area contributed by atoms with Crippen molar-refractivity contribution in [3.05, 3.63) is 63.3 Å². The lowest BCUT2D eigenvalue weighted by atomic mass is 10.2. The van der Waals surface area contributed by atoms with Crippen molar-refractivity contribution >= 4 is 28.4 Å². The highest BCUT2D eigenvalue weighted by atomic mass is 32.1. The lowest BCUT2D eigenvalue weighted by molar-refractivity contribution is 0.627. The van der Waals surface area contributed by atoms with Crippen molar-refractivity contribution in [1.29, 1.82) is 0 Å². The molecule has 0 aliphatic heterocycles. The monoisotopic (exact) mass is 273 g/mol. The fraction of sp³-hybridized carbons (Fsp3) is 0. The first kappa shape index (κ1) is 11.7. The van der Waals surface area contributed by atoms with Gasteiger partial charge in [0.25, 0.3) is 5.56 Å². The Balaban J connectivity index is 1.99. The Bertz CT molecular complexity index is 822. The molecule has 0 aliphatic rings. The Kier molecular flexibility index (Phi) is 2.92. The SMILES string of the molecule is O=c1cc(C=Cc2cccc(F)c2)nc2scnn12. The molecule has 2 aromatic heterocycles. The fourth-order valence-electron chi connectivity index (χ4n) is 1.65. The van der Waals surface area contributed by atoms with Crippen molar-refractivity contribution in [3.8, 4) is 0 Å². The average Bonchev–Trinajstić information content (AvgIpc) is 2.85. The highest BCUT2D eigenvalue weighted by Gasteiger charge is 2.01. The summed E-state index contributed by atoms with van der Waals surface area (Å²) in [6.07, 6.45) is 3.39. The maximum Gasteiger partial charge on any atom is 0.275 e. The van der Waals surface area contributed by atoms with E-state index in [0.29, 0.717) is 16.2 Å². The van der Waals surface area contributed by atoms with E-state index in [1.807, 2.05) is 0 Å². The molecule has 19 heavy (non-hydrogen) atoms. The van der Waals surface area contributed by atoms with Crippen LogP contribution in [0.4, 0.5) is 4.39 Å². The molecule has 3 rings (SSSR count). The van der Waals surface area contributed by atoms with Crippen molar-refractivity contribution in [3.63, 3.8) is 0 Å². The molecular formula is C13H8FN3OS. The van der Waals surface area contributed by atoms with Gasteiger partial charge in [-0.1, -0.05) is 29.5 Å². The van der Waals surface area contributed by atoms with E-state index in [9.17, 15) is 9.18 Å². The minimum absolute atomic E-state index is 0.231. The molecule has 2 heterocycles. The second-order valence-electron chi connectivity index (χ2n) is 3.84. The lowest BCUT2D eigenvalue weighted by Gasteiger charge is -1.95. The van der Waals surface area contributed by atoms with Gasteiger partial charge < -0.3 is 0 Å². The Morgan fingerprint density at radius 1 is 1.26 bits per heavy atom. The summed E-state index contributed by atoms with van der Waals surface area (Å²) < 4.78 is 14.3. The number of hydrogen-bond donors (Lipinski definition) is 0. The van der Waals surface area contributed by atoms with Gasteiger partial charge in [0.05, 0.1) is 5.69 Å². The van der Waals surface area contributed by atoms with Gasteiger partial charge in [-0.3, -0.25) is 4.79 Å². The molecule has 1 aromatic carbocycles. The van der Waals surface area contributed by atoms with Crippen molar-refractivity contribution in [2.45, 2.75) is 0 Å². The van der Waals surface area contributed by atoms with E-state index in [1.54, 1.807) is 29.8 Å². The smallest absolute Gasteiger partial charge is 0.267 e. The zero-order chi connectivity index (χ0) is 13.2. The molecule has 0 N–H and O–H groups in total. The van der Waals surface area contributed by atoms with Crippen molar-refractivity contribution in [1.82, 2.24) is 14.6 Å². The minimum Gasteiger partial charge on any atom is -0.267 e. The predicted octanol–water partition coefficient (Wildman–Crippen LogP) is 2.46. The molecule has 3 aromatic rings. The average molecular weight is 273 g/mol. The van der Waals surface area contributed by atoms with Gasteiger partial charge in [-0.15, -0.1) is 0 Å². The van der Waals surface area contributed by atoms with Crippen LogP contribution in [-0.2, 0) is 0 Å². The standard InChI is InChI=1S/C13H8FN3OS/c14-10-3-1-2-9(6-10)4-5-11-7-12(18)17-13(16-11)19-8-15-17/h1-8H. The largest absolute Gasteiger partial charge is 0.275 e. The molecule has 6 heteroatoms. The molecule has 0 saturated carbocycles. The number of hydrogen-bond acceptors (Lipinski definition) is 4. The summed E-state index contributed by atoms with van der Waals surface area (Å²) in [5.41, 5.74) is 2.57. The number of fused-ring (bicyclic) bond motifs is 1. The highest BCUT2D eigenvalue weighted by molar-refractivity contribution is 7.14. The first-order chi connectivity index (χ1) is 9.22. The molecule has 0 saturated heterocycles. The fourth-order valence-corrected chi connectivity index (χ4v) is 2.28. The zero-order valence-electron chi connectivity index (χ0n) is 9.65. The molecular weight excluding hydrogens is 265 g/mol. The van der Waals surface area contributed by atoms with Crippen LogP contribution < -0.4 is 5.56 Å². The molecule has 0 unspecified atom stereocenters. The molecule has 0 spiro atoms. The van der Waals surface area contributed by atoms with Crippen molar-refractivity contribution in [2.75, 3.05) is 0 Å². The van der Waals surface area contributed by atoms with Gasteiger partial charge >= 0.3 is 0 Å². The van der Waals surface area contributed by atoms with Gasteiger partial charge in [-0.05, 0) is 23.8 Å². The van der Waals surface area contributed by atoms with Crippen LogP contribution in [0.3, 0.4) is 0 Å². The summed E-state index contributed by atoms with van der Waals surface area (Å²) in [5, 5.41) is 3.88. The van der Waals surface area contributed by atoms with Gasteiger partial charge in [0, 0.05) is 6.07 Å². The van der Waals surface area contributed by atoms with E-state index in [2.05, 4.69) is 10.1 Å². The number of rotatable bonds is 2. The number of aromatic nitrogens is 3.